The average Bonchev–Trinajstić information content (AvgIpc) is 2.81. The number of rotatable bonds is 4. The number of carbonyl (C=O) groups excluding carboxylic acids is 1. The van der Waals surface area contributed by atoms with E-state index in [2.05, 4.69) is 15.5 Å². The van der Waals surface area contributed by atoms with Crippen molar-refractivity contribution in [2.45, 2.75) is 16.5 Å². The van der Waals surface area contributed by atoms with E-state index in [0.29, 0.717) is 5.69 Å². The van der Waals surface area contributed by atoms with Crippen molar-refractivity contribution in [2.24, 2.45) is 0 Å². The van der Waals surface area contributed by atoms with Crippen LogP contribution in [0.3, 0.4) is 0 Å². The molecule has 4 nitrogen and oxygen atoms in total. The van der Waals surface area contributed by atoms with Crippen molar-refractivity contribution in [3.8, 4) is 0 Å². The van der Waals surface area contributed by atoms with Crippen LogP contribution in [0.2, 0.25) is 0 Å². The lowest BCUT2D eigenvalue weighted by molar-refractivity contribution is -0.115. The highest BCUT2D eigenvalue weighted by molar-refractivity contribution is 8.02. The number of hydrogen-bond donors (Lipinski definition) is 1. The van der Waals surface area contributed by atoms with Gasteiger partial charge in [0.05, 0.1) is 5.25 Å². The lowest BCUT2D eigenvalue weighted by Gasteiger charge is -2.10. The zero-order valence-electron chi connectivity index (χ0n) is 9.46. The van der Waals surface area contributed by atoms with Crippen LogP contribution in [0, 0.1) is 5.82 Å². The van der Waals surface area contributed by atoms with Gasteiger partial charge in [0.2, 0.25) is 5.91 Å². The van der Waals surface area contributed by atoms with Crippen molar-refractivity contribution in [1.82, 2.24) is 10.2 Å². The molecule has 0 fully saturated rings. The van der Waals surface area contributed by atoms with Crippen molar-refractivity contribution < 1.29 is 9.18 Å². The highest BCUT2D eigenvalue weighted by Crippen LogP contribution is 2.25. The predicted octanol–water partition coefficient (Wildman–Crippen LogP) is 2.80. The highest BCUT2D eigenvalue weighted by Gasteiger charge is 2.16. The molecule has 0 bridgehead atoms. The second kappa shape index (κ2) is 5.92. The lowest BCUT2D eigenvalue weighted by atomic mass is 10.3. The van der Waals surface area contributed by atoms with Gasteiger partial charge >= 0.3 is 0 Å². The Labute approximate surface area is 112 Å². The maximum Gasteiger partial charge on any atom is 0.237 e. The molecule has 94 valence electrons. The lowest BCUT2D eigenvalue weighted by Crippen LogP contribution is -2.22. The van der Waals surface area contributed by atoms with Gasteiger partial charge in [0.25, 0.3) is 0 Å². The average molecular weight is 283 g/mol. The Morgan fingerprint density at radius 3 is 3.06 bits per heavy atom. The smallest absolute Gasteiger partial charge is 0.237 e. The molecule has 0 aliphatic carbocycles. The van der Waals surface area contributed by atoms with Crippen LogP contribution in [0.5, 0.6) is 0 Å². The number of halogens is 1. The summed E-state index contributed by atoms with van der Waals surface area (Å²) < 4.78 is 13.7. The van der Waals surface area contributed by atoms with Crippen LogP contribution < -0.4 is 5.32 Å². The van der Waals surface area contributed by atoms with E-state index in [4.69, 9.17) is 0 Å². The van der Waals surface area contributed by atoms with Crippen LogP contribution in [0.1, 0.15) is 6.92 Å². The second-order valence-corrected chi connectivity index (χ2v) is 5.89. The molecule has 1 N–H and O–H groups in total. The Morgan fingerprint density at radius 2 is 2.39 bits per heavy atom. The van der Waals surface area contributed by atoms with Crippen molar-refractivity contribution in [2.75, 3.05) is 5.32 Å². The number of amides is 1. The zero-order valence-corrected chi connectivity index (χ0v) is 11.1. The van der Waals surface area contributed by atoms with Crippen molar-refractivity contribution in [1.29, 1.82) is 0 Å². The van der Waals surface area contributed by atoms with Crippen molar-refractivity contribution in [3.05, 3.63) is 35.6 Å². The molecule has 1 heterocycles. The van der Waals surface area contributed by atoms with E-state index in [1.54, 1.807) is 24.6 Å². The van der Waals surface area contributed by atoms with Gasteiger partial charge in [-0.2, -0.15) is 0 Å². The minimum atomic E-state index is -0.378. The molecule has 2 aromatic rings. The molecule has 0 saturated heterocycles. The maximum absolute atomic E-state index is 13.0. The van der Waals surface area contributed by atoms with Gasteiger partial charge in [-0.25, -0.2) is 4.39 Å². The van der Waals surface area contributed by atoms with Crippen LogP contribution >= 0.6 is 23.1 Å². The van der Waals surface area contributed by atoms with E-state index in [0.717, 1.165) is 4.34 Å². The summed E-state index contributed by atoms with van der Waals surface area (Å²) in [5.74, 6) is -0.571. The van der Waals surface area contributed by atoms with Crippen LogP contribution in [-0.2, 0) is 4.79 Å². The topological polar surface area (TPSA) is 54.9 Å². The van der Waals surface area contributed by atoms with Gasteiger partial charge in [0, 0.05) is 5.69 Å². The SMILES string of the molecule is C[C@@H](Sc1nncs1)C(=O)Nc1cccc(F)c1. The largest absolute Gasteiger partial charge is 0.325 e. The first-order chi connectivity index (χ1) is 8.65. The van der Waals surface area contributed by atoms with Crippen molar-refractivity contribution >= 4 is 34.7 Å². The summed E-state index contributed by atoms with van der Waals surface area (Å²) in [4.78, 5) is 11.9. The van der Waals surface area contributed by atoms with Gasteiger partial charge < -0.3 is 5.32 Å². The summed E-state index contributed by atoms with van der Waals surface area (Å²) in [7, 11) is 0. The first-order valence-electron chi connectivity index (χ1n) is 5.14. The molecule has 2 rings (SSSR count). The van der Waals surface area contributed by atoms with E-state index in [1.807, 2.05) is 0 Å². The molecule has 0 unspecified atom stereocenters. The van der Waals surface area contributed by atoms with Gasteiger partial charge in [-0.1, -0.05) is 29.2 Å². The summed E-state index contributed by atoms with van der Waals surface area (Å²) in [5, 5.41) is 9.88. The molecule has 0 spiro atoms. The van der Waals surface area contributed by atoms with Crippen molar-refractivity contribution in [3.63, 3.8) is 0 Å². The number of thioether (sulfide) groups is 1. The third-order valence-corrected chi connectivity index (χ3v) is 3.99. The molecule has 1 aromatic carbocycles. The molecule has 1 aromatic heterocycles. The third-order valence-electron chi connectivity index (χ3n) is 2.08. The van der Waals surface area contributed by atoms with Crippen LogP contribution in [-0.4, -0.2) is 21.4 Å². The number of aromatic nitrogens is 2. The van der Waals surface area contributed by atoms with Gasteiger partial charge in [-0.15, -0.1) is 10.2 Å². The molecule has 7 heteroatoms. The van der Waals surface area contributed by atoms with Gasteiger partial charge in [-0.3, -0.25) is 4.79 Å². The number of nitrogens with one attached hydrogen (secondary N) is 1. The van der Waals surface area contributed by atoms with Gasteiger partial charge in [0.1, 0.15) is 11.3 Å². The van der Waals surface area contributed by atoms with E-state index in [1.165, 1.54) is 35.2 Å². The van der Waals surface area contributed by atoms with E-state index < -0.39 is 0 Å². The number of nitrogens with zero attached hydrogens (tertiary/aromatic N) is 2. The summed E-state index contributed by atoms with van der Waals surface area (Å²) in [5.41, 5.74) is 2.06. The minimum Gasteiger partial charge on any atom is -0.325 e. The second-order valence-electron chi connectivity index (χ2n) is 3.46. The first kappa shape index (κ1) is 13.0. The zero-order chi connectivity index (χ0) is 13.0. The molecule has 0 saturated carbocycles. The third kappa shape index (κ3) is 3.51. The van der Waals surface area contributed by atoms with Gasteiger partial charge in [-0.05, 0) is 25.1 Å². The van der Waals surface area contributed by atoms with Crippen LogP contribution in [0.4, 0.5) is 10.1 Å². The normalized spacial score (nSPS) is 12.1. The van der Waals surface area contributed by atoms with E-state index >= 15 is 0 Å². The fraction of sp³-hybridized carbons (Fsp3) is 0.182. The standard InChI is InChI=1S/C11H10FN3OS2/c1-7(18-11-15-13-6-17-11)10(16)14-9-4-2-3-8(12)5-9/h2-7H,1H3,(H,14,16)/t7-/m1/s1. The Kier molecular flexibility index (Phi) is 4.27. The summed E-state index contributed by atoms with van der Waals surface area (Å²) in [6.07, 6.45) is 0. The fourth-order valence-corrected chi connectivity index (χ4v) is 2.85. The predicted molar refractivity (Wildman–Crippen MR) is 70.3 cm³/mol. The number of anilines is 1. The Bertz CT molecular complexity index is 533. The molecular formula is C11H10FN3OS2. The number of carbonyl (C=O) groups is 1. The summed E-state index contributed by atoms with van der Waals surface area (Å²) in [6, 6.07) is 5.80. The highest BCUT2D eigenvalue weighted by atomic mass is 32.2. The number of benzene rings is 1. The molecule has 18 heavy (non-hydrogen) atoms. The summed E-state index contributed by atoms with van der Waals surface area (Å²) >= 11 is 2.70. The van der Waals surface area contributed by atoms with Crippen LogP contribution in [0.15, 0.2) is 34.1 Å². The quantitative estimate of drug-likeness (QED) is 0.877. The molecule has 0 aliphatic heterocycles. The number of hydrogen-bond acceptors (Lipinski definition) is 5. The van der Waals surface area contributed by atoms with Crippen LogP contribution in [0.25, 0.3) is 0 Å². The van der Waals surface area contributed by atoms with E-state index in [9.17, 15) is 9.18 Å². The molecule has 1 atom stereocenters. The molecule has 0 radical (unpaired) electrons. The minimum absolute atomic E-state index is 0.194. The molecular weight excluding hydrogens is 273 g/mol. The monoisotopic (exact) mass is 283 g/mol. The maximum atomic E-state index is 13.0. The fourth-order valence-electron chi connectivity index (χ4n) is 1.23. The van der Waals surface area contributed by atoms with Gasteiger partial charge in [0.15, 0.2) is 4.34 Å². The molecule has 1 amide bonds. The molecule has 0 aliphatic rings. The summed E-state index contributed by atoms with van der Waals surface area (Å²) in [6.45, 7) is 1.76. The Balaban J connectivity index is 1.95. The Morgan fingerprint density at radius 1 is 1.56 bits per heavy atom. The Hall–Kier alpha value is -1.47. The van der Waals surface area contributed by atoms with E-state index in [-0.39, 0.29) is 17.0 Å². The first-order valence-corrected chi connectivity index (χ1v) is 6.90.